The Morgan fingerprint density at radius 3 is 2.15 bits per heavy atom. The highest BCUT2D eigenvalue weighted by Gasteiger charge is 1.84. The molecule has 1 rings (SSSR count). The number of aldehydes is 1. The molecule has 0 aromatic carbocycles. The number of carbonyl (C=O) groups is 1. The Morgan fingerprint density at radius 2 is 1.92 bits per heavy atom. The van der Waals surface area contributed by atoms with Crippen LogP contribution in [0.3, 0.4) is 0 Å². The highest BCUT2D eigenvalue weighted by Crippen LogP contribution is 1.95. The molecule has 0 saturated carbocycles. The summed E-state index contributed by atoms with van der Waals surface area (Å²) in [6, 6.07) is 3.27. The molecule has 0 unspecified atom stereocenters. The van der Waals surface area contributed by atoms with Crippen molar-refractivity contribution >= 4 is 6.29 Å². The molecule has 0 radical (unpaired) electrons. The van der Waals surface area contributed by atoms with Gasteiger partial charge < -0.3 is 4.42 Å². The fraction of sp³-hybridized carbons (Fsp3) is 0.545. The van der Waals surface area contributed by atoms with Crippen LogP contribution in [0.25, 0.3) is 0 Å². The Balaban J connectivity index is 0.000000226. The summed E-state index contributed by atoms with van der Waals surface area (Å²) in [7, 11) is 0. The summed E-state index contributed by atoms with van der Waals surface area (Å²) >= 11 is 0. The largest absolute Gasteiger partial charge is 0.462 e. The first kappa shape index (κ1) is 11.9. The van der Waals surface area contributed by atoms with Crippen molar-refractivity contribution in [3.05, 3.63) is 24.2 Å². The minimum atomic E-state index is 0.375. The zero-order chi connectivity index (χ0) is 9.94. The molecule has 74 valence electrons. The summed E-state index contributed by atoms with van der Waals surface area (Å²) in [5.41, 5.74) is 0. The Bertz CT molecular complexity index is 186. The molecule has 2 nitrogen and oxygen atoms in total. The third-order valence-electron chi connectivity index (χ3n) is 1.62. The number of hydrogen-bond acceptors (Lipinski definition) is 2. The van der Waals surface area contributed by atoms with Crippen molar-refractivity contribution in [1.82, 2.24) is 0 Å². The van der Waals surface area contributed by atoms with Crippen molar-refractivity contribution in [2.45, 2.75) is 39.5 Å². The number of furan rings is 1. The van der Waals surface area contributed by atoms with Gasteiger partial charge >= 0.3 is 0 Å². The SMILES string of the molecule is CCCCCC.O=Cc1ccco1. The summed E-state index contributed by atoms with van der Waals surface area (Å²) < 4.78 is 4.61. The van der Waals surface area contributed by atoms with Crippen molar-refractivity contribution < 1.29 is 9.21 Å². The zero-order valence-electron chi connectivity index (χ0n) is 8.45. The van der Waals surface area contributed by atoms with Crippen LogP contribution in [0.15, 0.2) is 22.8 Å². The Hall–Kier alpha value is -1.05. The normalized spacial score (nSPS) is 8.77. The van der Waals surface area contributed by atoms with Crippen LogP contribution in [-0.2, 0) is 0 Å². The molecule has 13 heavy (non-hydrogen) atoms. The molecule has 1 aromatic heterocycles. The van der Waals surface area contributed by atoms with E-state index in [1.54, 1.807) is 12.1 Å². The van der Waals surface area contributed by atoms with Gasteiger partial charge in [-0.15, -0.1) is 0 Å². The molecule has 0 aliphatic rings. The first-order valence-electron chi connectivity index (χ1n) is 4.83. The highest BCUT2D eigenvalue weighted by atomic mass is 16.3. The molecule has 0 saturated heterocycles. The van der Waals surface area contributed by atoms with Crippen molar-refractivity contribution in [3.8, 4) is 0 Å². The summed E-state index contributed by atoms with van der Waals surface area (Å²) in [6.07, 6.45) is 7.67. The van der Waals surface area contributed by atoms with Crippen LogP contribution in [0.1, 0.15) is 50.1 Å². The molecule has 0 bridgehead atoms. The maximum atomic E-state index is 9.77. The molecule has 0 spiro atoms. The Labute approximate surface area is 79.9 Å². The van der Waals surface area contributed by atoms with Gasteiger partial charge in [0.05, 0.1) is 6.26 Å². The van der Waals surface area contributed by atoms with Gasteiger partial charge in [0.1, 0.15) is 0 Å². The monoisotopic (exact) mass is 182 g/mol. The fourth-order valence-electron chi connectivity index (χ4n) is 0.858. The topological polar surface area (TPSA) is 30.2 Å². The van der Waals surface area contributed by atoms with Crippen molar-refractivity contribution in [3.63, 3.8) is 0 Å². The lowest BCUT2D eigenvalue weighted by atomic mass is 10.2. The maximum Gasteiger partial charge on any atom is 0.185 e. The minimum absolute atomic E-state index is 0.375. The summed E-state index contributed by atoms with van der Waals surface area (Å²) in [6.45, 7) is 4.46. The lowest BCUT2D eigenvalue weighted by Crippen LogP contribution is -1.66. The van der Waals surface area contributed by atoms with Gasteiger partial charge in [-0.3, -0.25) is 4.79 Å². The van der Waals surface area contributed by atoms with Crippen LogP contribution in [0.2, 0.25) is 0 Å². The van der Waals surface area contributed by atoms with E-state index >= 15 is 0 Å². The number of unbranched alkanes of at least 4 members (excludes halogenated alkanes) is 3. The first-order valence-corrected chi connectivity index (χ1v) is 4.83. The third kappa shape index (κ3) is 7.32. The second-order valence-electron chi connectivity index (χ2n) is 2.84. The molecule has 0 N–H and O–H groups in total. The molecule has 0 aliphatic carbocycles. The quantitative estimate of drug-likeness (QED) is 0.525. The lowest BCUT2D eigenvalue weighted by molar-refractivity contribution is 0.110. The average molecular weight is 182 g/mol. The molecule has 2 heteroatoms. The van der Waals surface area contributed by atoms with Gasteiger partial charge in [0, 0.05) is 0 Å². The molecule has 0 amide bonds. The maximum absolute atomic E-state index is 9.77. The van der Waals surface area contributed by atoms with Crippen LogP contribution in [0.5, 0.6) is 0 Å². The van der Waals surface area contributed by atoms with Crippen LogP contribution >= 0.6 is 0 Å². The third-order valence-corrected chi connectivity index (χ3v) is 1.62. The van der Waals surface area contributed by atoms with Gasteiger partial charge in [-0.1, -0.05) is 39.5 Å². The van der Waals surface area contributed by atoms with Gasteiger partial charge in [0.2, 0.25) is 0 Å². The molecule has 0 aliphatic heterocycles. The smallest absolute Gasteiger partial charge is 0.185 e. The van der Waals surface area contributed by atoms with Crippen LogP contribution < -0.4 is 0 Å². The summed E-state index contributed by atoms with van der Waals surface area (Å²) in [5, 5.41) is 0. The van der Waals surface area contributed by atoms with E-state index in [1.165, 1.54) is 31.9 Å². The Kier molecular flexibility index (Phi) is 8.31. The predicted molar refractivity (Wildman–Crippen MR) is 53.9 cm³/mol. The zero-order valence-corrected chi connectivity index (χ0v) is 8.45. The van der Waals surface area contributed by atoms with Crippen molar-refractivity contribution in [2.75, 3.05) is 0 Å². The van der Waals surface area contributed by atoms with Crippen LogP contribution in [0, 0.1) is 0 Å². The van der Waals surface area contributed by atoms with E-state index in [2.05, 4.69) is 18.3 Å². The average Bonchev–Trinajstić information content (AvgIpc) is 2.68. The van der Waals surface area contributed by atoms with Gasteiger partial charge in [-0.2, -0.15) is 0 Å². The lowest BCUT2D eigenvalue weighted by Gasteiger charge is -1.86. The Morgan fingerprint density at radius 1 is 1.31 bits per heavy atom. The van der Waals surface area contributed by atoms with Crippen molar-refractivity contribution in [1.29, 1.82) is 0 Å². The van der Waals surface area contributed by atoms with E-state index in [4.69, 9.17) is 0 Å². The van der Waals surface area contributed by atoms with E-state index in [0.29, 0.717) is 12.0 Å². The van der Waals surface area contributed by atoms with Gasteiger partial charge in [-0.05, 0) is 12.1 Å². The molecular weight excluding hydrogens is 164 g/mol. The van der Waals surface area contributed by atoms with E-state index in [1.807, 2.05) is 0 Å². The second-order valence-corrected chi connectivity index (χ2v) is 2.84. The molecular formula is C11H18O2. The molecule has 0 atom stereocenters. The van der Waals surface area contributed by atoms with Gasteiger partial charge in [0.15, 0.2) is 12.0 Å². The van der Waals surface area contributed by atoms with E-state index in [0.717, 1.165) is 0 Å². The first-order chi connectivity index (χ1) is 6.35. The summed E-state index contributed by atoms with van der Waals surface area (Å²) in [4.78, 5) is 9.77. The van der Waals surface area contributed by atoms with Crippen molar-refractivity contribution in [2.24, 2.45) is 0 Å². The van der Waals surface area contributed by atoms with Gasteiger partial charge in [0.25, 0.3) is 0 Å². The number of rotatable bonds is 4. The van der Waals surface area contributed by atoms with E-state index < -0.39 is 0 Å². The predicted octanol–water partition coefficient (Wildman–Crippen LogP) is 3.68. The van der Waals surface area contributed by atoms with Crippen LogP contribution in [0.4, 0.5) is 0 Å². The van der Waals surface area contributed by atoms with Gasteiger partial charge in [-0.25, -0.2) is 0 Å². The number of carbonyl (C=O) groups excluding carboxylic acids is 1. The summed E-state index contributed by atoms with van der Waals surface area (Å²) in [5.74, 6) is 0.375. The fourth-order valence-corrected chi connectivity index (χ4v) is 0.858. The highest BCUT2D eigenvalue weighted by molar-refractivity contribution is 5.69. The number of hydrogen-bond donors (Lipinski definition) is 0. The minimum Gasteiger partial charge on any atom is -0.462 e. The molecule has 0 fully saturated rings. The van der Waals surface area contributed by atoms with Crippen LogP contribution in [-0.4, -0.2) is 6.29 Å². The molecule has 1 heterocycles. The standard InChI is InChI=1S/C6H14.C5H4O2/c1-3-5-6-4-2;6-4-5-2-1-3-7-5/h3-6H2,1-2H3;1-4H. The van der Waals surface area contributed by atoms with E-state index in [9.17, 15) is 4.79 Å². The second kappa shape index (κ2) is 9.04. The van der Waals surface area contributed by atoms with E-state index in [-0.39, 0.29) is 0 Å². The molecule has 1 aromatic rings.